The van der Waals surface area contributed by atoms with Crippen LogP contribution < -0.4 is 9.62 Å². The summed E-state index contributed by atoms with van der Waals surface area (Å²) in [6, 6.07) is 12.6. The number of amides is 1. The molecule has 7 nitrogen and oxygen atoms in total. The Labute approximate surface area is 173 Å². The first-order valence-corrected chi connectivity index (χ1v) is 11.5. The highest BCUT2D eigenvalue weighted by Gasteiger charge is 2.24. The molecule has 2 heterocycles. The zero-order valence-corrected chi connectivity index (χ0v) is 17.7. The molecule has 4 rings (SSSR count). The van der Waals surface area contributed by atoms with Gasteiger partial charge in [-0.25, -0.2) is 8.42 Å². The molecule has 29 heavy (non-hydrogen) atoms. The molecule has 2 aromatic carbocycles. The van der Waals surface area contributed by atoms with Crippen LogP contribution in [0.2, 0.25) is 0 Å². The molecule has 1 aromatic heterocycles. The highest BCUT2D eigenvalue weighted by Crippen LogP contribution is 2.30. The molecule has 9 heteroatoms. The van der Waals surface area contributed by atoms with Crippen molar-refractivity contribution in [2.45, 2.75) is 31.6 Å². The summed E-state index contributed by atoms with van der Waals surface area (Å²) >= 11 is 1.18. The number of rotatable bonds is 5. The normalized spacial score (nSPS) is 14.4. The van der Waals surface area contributed by atoms with E-state index < -0.39 is 10.0 Å². The minimum atomic E-state index is -3.81. The Kier molecular flexibility index (Phi) is 5.10. The quantitative estimate of drug-likeness (QED) is 0.668. The van der Waals surface area contributed by atoms with Crippen molar-refractivity contribution in [3.05, 3.63) is 53.6 Å². The first-order valence-electron chi connectivity index (χ1n) is 9.18. The average Bonchev–Trinajstić information content (AvgIpc) is 3.31. The van der Waals surface area contributed by atoms with Crippen LogP contribution in [0.5, 0.6) is 0 Å². The molecule has 1 aliphatic heterocycles. The van der Waals surface area contributed by atoms with E-state index in [1.165, 1.54) is 17.4 Å². The molecule has 150 valence electrons. The maximum absolute atomic E-state index is 12.8. The number of nitrogens with zero attached hydrogens (tertiary/aromatic N) is 3. The Morgan fingerprint density at radius 3 is 2.48 bits per heavy atom. The third-order valence-corrected chi connectivity index (χ3v) is 7.14. The molecule has 0 spiro atoms. The summed E-state index contributed by atoms with van der Waals surface area (Å²) < 4.78 is 28.1. The van der Waals surface area contributed by atoms with Gasteiger partial charge in [-0.3, -0.25) is 9.52 Å². The highest BCUT2D eigenvalue weighted by atomic mass is 32.2. The number of carbonyl (C=O) groups is 1. The monoisotopic (exact) mass is 428 g/mol. The molecule has 1 saturated heterocycles. The third-order valence-electron chi connectivity index (χ3n) is 4.79. The van der Waals surface area contributed by atoms with Crippen molar-refractivity contribution in [1.82, 2.24) is 10.2 Å². The summed E-state index contributed by atoms with van der Waals surface area (Å²) in [5, 5.41) is 8.89. The Morgan fingerprint density at radius 2 is 1.83 bits per heavy atom. The molecule has 1 amide bonds. The van der Waals surface area contributed by atoms with Crippen LogP contribution in [0.15, 0.2) is 47.4 Å². The topological polar surface area (TPSA) is 92.3 Å². The van der Waals surface area contributed by atoms with E-state index in [0.717, 1.165) is 28.8 Å². The second-order valence-corrected chi connectivity index (χ2v) is 9.64. The molecular weight excluding hydrogens is 408 g/mol. The molecule has 1 aliphatic rings. The van der Waals surface area contributed by atoms with Crippen LogP contribution in [0, 0.1) is 13.8 Å². The van der Waals surface area contributed by atoms with Gasteiger partial charge in [0.25, 0.3) is 10.0 Å². The van der Waals surface area contributed by atoms with Crippen molar-refractivity contribution in [3.63, 3.8) is 0 Å². The number of sulfonamides is 1. The zero-order valence-electron chi connectivity index (χ0n) is 16.0. The molecule has 0 saturated carbocycles. The number of aryl methyl sites for hydroxylation is 2. The average molecular weight is 429 g/mol. The van der Waals surface area contributed by atoms with Gasteiger partial charge in [0, 0.05) is 24.2 Å². The smallest absolute Gasteiger partial charge is 0.263 e. The Morgan fingerprint density at radius 1 is 1.07 bits per heavy atom. The third kappa shape index (κ3) is 4.01. The van der Waals surface area contributed by atoms with Gasteiger partial charge >= 0.3 is 0 Å². The summed E-state index contributed by atoms with van der Waals surface area (Å²) in [5.74, 6) is 0.0688. The van der Waals surface area contributed by atoms with E-state index in [1.54, 1.807) is 24.0 Å². The van der Waals surface area contributed by atoms with Crippen LogP contribution in [0.4, 0.5) is 10.8 Å². The van der Waals surface area contributed by atoms with Crippen LogP contribution in [-0.2, 0) is 14.8 Å². The van der Waals surface area contributed by atoms with Crippen LogP contribution >= 0.6 is 11.3 Å². The molecule has 1 N–H and O–H groups in total. The molecule has 0 bridgehead atoms. The summed E-state index contributed by atoms with van der Waals surface area (Å²) in [4.78, 5) is 13.8. The van der Waals surface area contributed by atoms with Gasteiger partial charge in [-0.2, -0.15) is 0 Å². The van der Waals surface area contributed by atoms with Crippen LogP contribution in [0.25, 0.3) is 10.6 Å². The van der Waals surface area contributed by atoms with Crippen LogP contribution in [0.3, 0.4) is 0 Å². The minimum Gasteiger partial charge on any atom is -0.312 e. The predicted octanol–water partition coefficient (Wildman–Crippen LogP) is 3.75. The number of anilines is 2. The Hall–Kier alpha value is -2.78. The van der Waals surface area contributed by atoms with Gasteiger partial charge in [0.15, 0.2) is 0 Å². The van der Waals surface area contributed by atoms with Gasteiger partial charge in [0.2, 0.25) is 11.0 Å². The maximum atomic E-state index is 12.8. The van der Waals surface area contributed by atoms with Gasteiger partial charge in [-0.05, 0) is 44.0 Å². The Bertz CT molecular complexity index is 1170. The van der Waals surface area contributed by atoms with Crippen molar-refractivity contribution in [3.8, 4) is 10.6 Å². The molecule has 1 fully saturated rings. The number of benzene rings is 2. The zero-order chi connectivity index (χ0) is 20.6. The first-order chi connectivity index (χ1) is 13.8. The first kappa shape index (κ1) is 19.5. The van der Waals surface area contributed by atoms with Crippen molar-refractivity contribution in [1.29, 1.82) is 0 Å². The molecule has 0 atom stereocenters. The van der Waals surface area contributed by atoms with Gasteiger partial charge in [-0.15, -0.1) is 10.2 Å². The lowest BCUT2D eigenvalue weighted by Gasteiger charge is -2.19. The number of carbonyl (C=O) groups excluding carboxylic acids is 1. The summed E-state index contributed by atoms with van der Waals surface area (Å²) in [6.45, 7) is 4.47. The fourth-order valence-electron chi connectivity index (χ4n) is 3.25. The van der Waals surface area contributed by atoms with E-state index >= 15 is 0 Å². The van der Waals surface area contributed by atoms with Gasteiger partial charge in [0.1, 0.15) is 5.01 Å². The Balaban J connectivity index is 1.55. The highest BCUT2D eigenvalue weighted by molar-refractivity contribution is 7.93. The SMILES string of the molecule is Cc1ccc(-c2nnc(NS(=O)(=O)c3ccc(N4CCCC4=O)c(C)c3)s2)cc1. The van der Waals surface area contributed by atoms with Gasteiger partial charge in [-0.1, -0.05) is 41.2 Å². The maximum Gasteiger partial charge on any atom is 0.263 e. The van der Waals surface area contributed by atoms with E-state index in [4.69, 9.17) is 0 Å². The number of nitrogens with one attached hydrogen (secondary N) is 1. The summed E-state index contributed by atoms with van der Waals surface area (Å²) in [6.07, 6.45) is 1.35. The lowest BCUT2D eigenvalue weighted by Crippen LogP contribution is -2.24. The van der Waals surface area contributed by atoms with E-state index in [2.05, 4.69) is 14.9 Å². The predicted molar refractivity (Wildman–Crippen MR) is 114 cm³/mol. The van der Waals surface area contributed by atoms with Crippen LogP contribution in [0.1, 0.15) is 24.0 Å². The van der Waals surface area contributed by atoms with Crippen LogP contribution in [-0.4, -0.2) is 31.1 Å². The minimum absolute atomic E-state index is 0.0688. The molecule has 0 unspecified atom stereocenters. The fourth-order valence-corrected chi connectivity index (χ4v) is 5.32. The standard InChI is InChI=1S/C20H20N4O3S2/c1-13-5-7-15(8-6-13)19-21-22-20(28-19)23-29(26,27)16-9-10-17(14(2)12-16)24-11-3-4-18(24)25/h5-10,12H,3-4,11H2,1-2H3,(H,22,23). The fraction of sp³-hybridized carbons (Fsp3) is 0.250. The number of hydrogen-bond acceptors (Lipinski definition) is 6. The molecule has 3 aromatic rings. The van der Waals surface area contributed by atoms with E-state index in [1.807, 2.05) is 31.2 Å². The molecule has 0 aliphatic carbocycles. The second kappa shape index (κ2) is 7.57. The van der Waals surface area contributed by atoms with Crippen molar-refractivity contribution in [2.75, 3.05) is 16.2 Å². The van der Waals surface area contributed by atoms with E-state index in [-0.39, 0.29) is 15.9 Å². The van der Waals surface area contributed by atoms with Gasteiger partial charge in [0.05, 0.1) is 4.90 Å². The lowest BCUT2D eigenvalue weighted by atomic mass is 10.2. The lowest BCUT2D eigenvalue weighted by molar-refractivity contribution is -0.117. The number of hydrogen-bond donors (Lipinski definition) is 1. The largest absolute Gasteiger partial charge is 0.312 e. The van der Waals surface area contributed by atoms with Crippen molar-refractivity contribution in [2.24, 2.45) is 0 Å². The second-order valence-electron chi connectivity index (χ2n) is 6.98. The molecular formula is C20H20N4O3S2. The van der Waals surface area contributed by atoms with Gasteiger partial charge < -0.3 is 4.90 Å². The summed E-state index contributed by atoms with van der Waals surface area (Å²) in [7, 11) is -3.81. The van der Waals surface area contributed by atoms with E-state index in [9.17, 15) is 13.2 Å². The molecule has 0 radical (unpaired) electrons. The van der Waals surface area contributed by atoms with Crippen molar-refractivity contribution >= 4 is 38.1 Å². The van der Waals surface area contributed by atoms with Crippen molar-refractivity contribution < 1.29 is 13.2 Å². The number of aromatic nitrogens is 2. The van der Waals surface area contributed by atoms with E-state index in [0.29, 0.717) is 18.0 Å². The summed E-state index contributed by atoms with van der Waals surface area (Å²) in [5.41, 5.74) is 3.51.